The zero-order valence-electron chi connectivity index (χ0n) is 14.7. The van der Waals surface area contributed by atoms with Crippen LogP contribution in [-0.4, -0.2) is 42.1 Å². The summed E-state index contributed by atoms with van der Waals surface area (Å²) in [4.78, 5) is 5.72. The molecule has 25 heavy (non-hydrogen) atoms. The predicted octanol–water partition coefficient (Wildman–Crippen LogP) is 3.78. The van der Waals surface area contributed by atoms with Crippen molar-refractivity contribution >= 4 is 41.7 Å². The molecule has 1 fully saturated rings. The van der Waals surface area contributed by atoms with E-state index in [0.717, 1.165) is 61.8 Å². The Morgan fingerprint density at radius 2 is 1.92 bits per heavy atom. The summed E-state index contributed by atoms with van der Waals surface area (Å²) in [5.41, 5.74) is 0. The van der Waals surface area contributed by atoms with Crippen LogP contribution in [0.4, 0.5) is 4.39 Å². The highest BCUT2D eigenvalue weighted by Crippen LogP contribution is 2.19. The molecule has 7 heteroatoms. The number of thioether (sulfide) groups is 1. The molecule has 1 saturated carbocycles. The third kappa shape index (κ3) is 9.10. The molecule has 0 saturated heterocycles. The summed E-state index contributed by atoms with van der Waals surface area (Å²) < 4.78 is 12.9. The average molecular weight is 481 g/mol. The highest BCUT2D eigenvalue weighted by molar-refractivity contribution is 14.0. The van der Waals surface area contributed by atoms with Gasteiger partial charge in [0, 0.05) is 24.0 Å². The molecule has 1 aliphatic carbocycles. The van der Waals surface area contributed by atoms with Crippen molar-refractivity contribution in [2.45, 2.75) is 56.1 Å². The minimum absolute atomic E-state index is 0. The molecular formula is C18H29FIN3OS. The van der Waals surface area contributed by atoms with E-state index >= 15 is 0 Å². The van der Waals surface area contributed by atoms with Crippen LogP contribution in [0, 0.1) is 5.82 Å². The SMILES string of the molecule is CCNC(=NCCCSc1ccc(F)cc1)NC1CCC(O)CC1.I. The molecule has 2 rings (SSSR count). The van der Waals surface area contributed by atoms with E-state index in [-0.39, 0.29) is 35.9 Å². The largest absolute Gasteiger partial charge is 0.393 e. The molecule has 1 aromatic carbocycles. The van der Waals surface area contributed by atoms with E-state index in [1.165, 1.54) is 12.1 Å². The van der Waals surface area contributed by atoms with Gasteiger partial charge >= 0.3 is 0 Å². The Balaban J connectivity index is 0.00000312. The molecule has 0 heterocycles. The maximum absolute atomic E-state index is 12.9. The van der Waals surface area contributed by atoms with Crippen LogP contribution in [0.1, 0.15) is 39.0 Å². The normalized spacial score (nSPS) is 20.7. The van der Waals surface area contributed by atoms with Gasteiger partial charge in [0.05, 0.1) is 6.10 Å². The fraction of sp³-hybridized carbons (Fsp3) is 0.611. The van der Waals surface area contributed by atoms with Gasteiger partial charge in [-0.1, -0.05) is 0 Å². The fourth-order valence-electron chi connectivity index (χ4n) is 2.71. The van der Waals surface area contributed by atoms with Gasteiger partial charge in [-0.05, 0) is 69.0 Å². The van der Waals surface area contributed by atoms with Crippen molar-refractivity contribution in [3.63, 3.8) is 0 Å². The van der Waals surface area contributed by atoms with Gasteiger partial charge in [0.15, 0.2) is 5.96 Å². The van der Waals surface area contributed by atoms with Gasteiger partial charge in [0.2, 0.25) is 0 Å². The summed E-state index contributed by atoms with van der Waals surface area (Å²) in [5.74, 6) is 1.63. The average Bonchev–Trinajstić information content (AvgIpc) is 2.58. The fourth-order valence-corrected chi connectivity index (χ4v) is 3.55. The Labute approximate surface area is 171 Å². The Hall–Kier alpha value is -0.540. The lowest BCUT2D eigenvalue weighted by Gasteiger charge is -2.27. The number of rotatable bonds is 7. The van der Waals surface area contributed by atoms with E-state index in [9.17, 15) is 9.50 Å². The third-order valence-corrected chi connectivity index (χ3v) is 5.13. The van der Waals surface area contributed by atoms with Gasteiger partial charge in [0.1, 0.15) is 5.82 Å². The summed E-state index contributed by atoms with van der Waals surface area (Å²) in [5, 5.41) is 16.3. The van der Waals surface area contributed by atoms with Gasteiger partial charge in [-0.25, -0.2) is 4.39 Å². The van der Waals surface area contributed by atoms with Gasteiger partial charge in [-0.3, -0.25) is 4.99 Å². The molecule has 1 aliphatic rings. The number of guanidine groups is 1. The van der Waals surface area contributed by atoms with Gasteiger partial charge in [0.25, 0.3) is 0 Å². The lowest BCUT2D eigenvalue weighted by atomic mass is 9.93. The second-order valence-electron chi connectivity index (χ2n) is 6.07. The molecule has 1 aromatic rings. The Kier molecular flexibility index (Phi) is 11.5. The van der Waals surface area contributed by atoms with Crippen LogP contribution in [0.15, 0.2) is 34.2 Å². The highest BCUT2D eigenvalue weighted by atomic mass is 127. The standard InChI is InChI=1S/C18H28FN3OS.HI/c1-2-20-18(22-15-6-8-16(23)9-7-15)21-12-3-13-24-17-10-4-14(19)5-11-17;/h4-5,10-11,15-16,23H,2-3,6-9,12-13H2,1H3,(H2,20,21,22);1H. The molecule has 0 radical (unpaired) electrons. The molecule has 142 valence electrons. The molecule has 4 nitrogen and oxygen atoms in total. The zero-order valence-corrected chi connectivity index (χ0v) is 17.9. The number of aliphatic hydroxyl groups excluding tert-OH is 1. The minimum atomic E-state index is -0.194. The minimum Gasteiger partial charge on any atom is -0.393 e. The second-order valence-corrected chi connectivity index (χ2v) is 7.23. The molecule has 0 bridgehead atoms. The molecule has 0 spiro atoms. The second kappa shape index (κ2) is 12.8. The summed E-state index contributed by atoms with van der Waals surface area (Å²) >= 11 is 1.73. The van der Waals surface area contributed by atoms with E-state index in [1.54, 1.807) is 11.8 Å². The molecule has 0 atom stereocenters. The summed E-state index contributed by atoms with van der Waals surface area (Å²) in [6.07, 6.45) is 4.56. The van der Waals surface area contributed by atoms with Crippen molar-refractivity contribution in [1.82, 2.24) is 10.6 Å². The number of hydrogen-bond acceptors (Lipinski definition) is 3. The first-order valence-electron chi connectivity index (χ1n) is 8.78. The number of aliphatic imine (C=N–C) groups is 1. The summed E-state index contributed by atoms with van der Waals surface area (Å²) in [6, 6.07) is 7.02. The Morgan fingerprint density at radius 3 is 2.56 bits per heavy atom. The van der Waals surface area contributed by atoms with E-state index in [1.807, 2.05) is 12.1 Å². The zero-order chi connectivity index (χ0) is 17.2. The van der Waals surface area contributed by atoms with Crippen LogP contribution in [-0.2, 0) is 0 Å². The molecule has 0 aromatic heterocycles. The van der Waals surface area contributed by atoms with E-state index in [0.29, 0.717) is 6.04 Å². The Morgan fingerprint density at radius 1 is 1.24 bits per heavy atom. The van der Waals surface area contributed by atoms with Crippen molar-refractivity contribution in [2.75, 3.05) is 18.8 Å². The van der Waals surface area contributed by atoms with Crippen LogP contribution in [0.2, 0.25) is 0 Å². The van der Waals surface area contributed by atoms with Crippen molar-refractivity contribution in [2.24, 2.45) is 4.99 Å². The number of nitrogens with zero attached hydrogens (tertiary/aromatic N) is 1. The molecular weight excluding hydrogens is 452 g/mol. The number of halogens is 2. The van der Waals surface area contributed by atoms with E-state index in [4.69, 9.17) is 0 Å². The number of benzene rings is 1. The first-order chi connectivity index (χ1) is 11.7. The van der Waals surface area contributed by atoms with Crippen LogP contribution < -0.4 is 10.6 Å². The van der Waals surface area contributed by atoms with Crippen LogP contribution in [0.3, 0.4) is 0 Å². The third-order valence-electron chi connectivity index (χ3n) is 4.04. The predicted molar refractivity (Wildman–Crippen MR) is 115 cm³/mol. The highest BCUT2D eigenvalue weighted by Gasteiger charge is 2.19. The van der Waals surface area contributed by atoms with Gasteiger partial charge in [-0.2, -0.15) is 0 Å². The van der Waals surface area contributed by atoms with Crippen LogP contribution >= 0.6 is 35.7 Å². The molecule has 0 amide bonds. The smallest absolute Gasteiger partial charge is 0.191 e. The summed E-state index contributed by atoms with van der Waals surface area (Å²) in [6.45, 7) is 3.66. The molecule has 0 unspecified atom stereocenters. The Bertz CT molecular complexity index is 508. The van der Waals surface area contributed by atoms with Crippen LogP contribution in [0.5, 0.6) is 0 Å². The number of aliphatic hydroxyl groups is 1. The lowest BCUT2D eigenvalue weighted by molar-refractivity contribution is 0.120. The van der Waals surface area contributed by atoms with E-state index in [2.05, 4.69) is 22.5 Å². The van der Waals surface area contributed by atoms with Gasteiger partial charge < -0.3 is 15.7 Å². The first kappa shape index (κ1) is 22.5. The summed E-state index contributed by atoms with van der Waals surface area (Å²) in [7, 11) is 0. The van der Waals surface area contributed by atoms with Crippen LogP contribution in [0.25, 0.3) is 0 Å². The molecule has 0 aliphatic heterocycles. The van der Waals surface area contributed by atoms with Crippen molar-refractivity contribution in [3.05, 3.63) is 30.1 Å². The first-order valence-corrected chi connectivity index (χ1v) is 9.77. The van der Waals surface area contributed by atoms with Gasteiger partial charge in [-0.15, -0.1) is 35.7 Å². The number of nitrogens with one attached hydrogen (secondary N) is 2. The lowest BCUT2D eigenvalue weighted by Crippen LogP contribution is -2.45. The maximum atomic E-state index is 12.9. The molecule has 3 N–H and O–H groups in total. The number of hydrogen-bond donors (Lipinski definition) is 3. The maximum Gasteiger partial charge on any atom is 0.191 e. The monoisotopic (exact) mass is 481 g/mol. The van der Waals surface area contributed by atoms with Crippen molar-refractivity contribution < 1.29 is 9.50 Å². The van der Waals surface area contributed by atoms with E-state index < -0.39 is 0 Å². The van der Waals surface area contributed by atoms with Crippen molar-refractivity contribution in [3.8, 4) is 0 Å². The van der Waals surface area contributed by atoms with Crippen molar-refractivity contribution in [1.29, 1.82) is 0 Å². The quantitative estimate of drug-likeness (QED) is 0.183. The topological polar surface area (TPSA) is 56.7 Å².